The number of allylic oxidation sites excluding steroid dienone is 4. The number of fused-ring (bicyclic) bond motifs is 1. The predicted octanol–water partition coefficient (Wildman–Crippen LogP) is 3.35. The number of hydrogen-bond acceptors (Lipinski definition) is 4. The van der Waals surface area contributed by atoms with Gasteiger partial charge in [0.1, 0.15) is 5.57 Å². The molecule has 2 amide bonds. The van der Waals surface area contributed by atoms with Gasteiger partial charge in [-0.3, -0.25) is 19.4 Å². The Morgan fingerprint density at radius 1 is 0.926 bits per heavy atom. The molecule has 2 aliphatic heterocycles. The van der Waals surface area contributed by atoms with E-state index >= 15 is 0 Å². The largest absolute Gasteiger partial charge is 0.348 e. The molecule has 2 heterocycles. The molecule has 1 saturated heterocycles. The second-order valence-electron chi connectivity index (χ2n) is 6.20. The third-order valence-electron chi connectivity index (χ3n) is 4.77. The van der Waals surface area contributed by atoms with Crippen molar-refractivity contribution in [2.75, 3.05) is 24.5 Å². The van der Waals surface area contributed by atoms with Crippen LogP contribution < -0.4 is 4.90 Å². The van der Waals surface area contributed by atoms with Crippen LogP contribution in [0.1, 0.15) is 26.3 Å². The Balaban J connectivity index is 2.02. The van der Waals surface area contributed by atoms with Crippen molar-refractivity contribution in [3.05, 3.63) is 59.8 Å². The Kier molecular flexibility index (Phi) is 5.56. The minimum Gasteiger partial charge on any atom is -0.348 e. The number of rotatable bonds is 4. The molecule has 0 bridgehead atoms. The van der Waals surface area contributed by atoms with Crippen molar-refractivity contribution < 1.29 is 9.59 Å². The van der Waals surface area contributed by atoms with E-state index in [0.29, 0.717) is 13.1 Å². The summed E-state index contributed by atoms with van der Waals surface area (Å²) in [5, 5.41) is 0.279. The Morgan fingerprint density at radius 3 is 2.15 bits per heavy atom. The van der Waals surface area contributed by atoms with Gasteiger partial charge in [0.15, 0.2) is 5.11 Å². The fraction of sp³-hybridized carbons (Fsp3) is 0.286. The molecule has 140 valence electrons. The minimum absolute atomic E-state index is 0.142. The lowest BCUT2D eigenvalue weighted by molar-refractivity contribution is -0.133. The van der Waals surface area contributed by atoms with Gasteiger partial charge in [-0.05, 0) is 56.8 Å². The van der Waals surface area contributed by atoms with Crippen LogP contribution in [0.2, 0.25) is 0 Å². The van der Waals surface area contributed by atoms with Crippen LogP contribution in [0.4, 0.5) is 5.69 Å². The van der Waals surface area contributed by atoms with Crippen molar-refractivity contribution in [3.63, 3.8) is 0 Å². The molecular formula is C21H23N3O2S. The average Bonchev–Trinajstić information content (AvgIpc) is 2.68. The molecule has 1 aromatic carbocycles. The first kappa shape index (κ1) is 19.0. The maximum absolute atomic E-state index is 12.7. The highest BCUT2D eigenvalue weighted by molar-refractivity contribution is 7.80. The molecule has 2 aliphatic rings. The number of thiocarbonyl (C=S) groups is 1. The molecule has 0 aromatic heterocycles. The number of nitrogens with zero attached hydrogens (tertiary/aromatic N) is 3. The summed E-state index contributed by atoms with van der Waals surface area (Å²) in [5.74, 6) is -0.672. The van der Waals surface area contributed by atoms with Crippen LogP contribution in [0.5, 0.6) is 0 Å². The number of likely N-dealkylation sites (N-methyl/N-ethyl adjacent to an activating group) is 2. The number of anilines is 1. The smallest absolute Gasteiger partial charge is 0.265 e. The summed E-state index contributed by atoms with van der Waals surface area (Å²) in [4.78, 5) is 30.5. The van der Waals surface area contributed by atoms with Crippen LogP contribution >= 0.6 is 12.2 Å². The lowest BCUT2D eigenvalue weighted by Crippen LogP contribution is -2.55. The van der Waals surface area contributed by atoms with E-state index < -0.39 is 0 Å². The zero-order chi connectivity index (χ0) is 19.6. The molecule has 0 aliphatic carbocycles. The second kappa shape index (κ2) is 7.88. The predicted molar refractivity (Wildman–Crippen MR) is 112 cm³/mol. The first-order valence-electron chi connectivity index (χ1n) is 9.17. The van der Waals surface area contributed by atoms with Crippen molar-refractivity contribution >= 4 is 40.4 Å². The monoisotopic (exact) mass is 381 g/mol. The van der Waals surface area contributed by atoms with Gasteiger partial charge >= 0.3 is 0 Å². The first-order valence-corrected chi connectivity index (χ1v) is 9.58. The second-order valence-corrected chi connectivity index (χ2v) is 6.57. The Hall–Kier alpha value is -2.73. The van der Waals surface area contributed by atoms with E-state index in [9.17, 15) is 9.59 Å². The summed E-state index contributed by atoms with van der Waals surface area (Å²) in [5.41, 5.74) is 3.29. The number of hydrogen-bond donors (Lipinski definition) is 0. The van der Waals surface area contributed by atoms with Crippen LogP contribution in [0.3, 0.4) is 0 Å². The molecule has 0 radical (unpaired) electrons. The summed E-state index contributed by atoms with van der Waals surface area (Å²) in [6.07, 6.45) is 7.48. The van der Waals surface area contributed by atoms with Crippen molar-refractivity contribution in [2.24, 2.45) is 0 Å². The van der Waals surface area contributed by atoms with Gasteiger partial charge in [0, 0.05) is 37.1 Å². The van der Waals surface area contributed by atoms with Gasteiger partial charge in [-0.15, -0.1) is 0 Å². The van der Waals surface area contributed by atoms with Crippen LogP contribution in [-0.2, 0) is 9.59 Å². The standard InChI is InChI=1S/C21H23N3O2S/c1-4-22-14-13-15(16-9-7-8-10-18(16)22)11-12-17-19(25)23(5-2)21(27)24(6-3)20(17)26/h7-14H,4-6H2,1-3H3. The van der Waals surface area contributed by atoms with Gasteiger partial charge in [0.2, 0.25) is 0 Å². The molecule has 0 N–H and O–H groups in total. The van der Waals surface area contributed by atoms with Crippen molar-refractivity contribution in [2.45, 2.75) is 20.8 Å². The SMILES string of the molecule is CCN1C(=O)C(=CC=C2C=CN(CC)c3ccccc32)C(=O)N(CC)C1=S. The van der Waals surface area contributed by atoms with Crippen LogP contribution in [0.15, 0.2) is 54.3 Å². The van der Waals surface area contributed by atoms with Gasteiger partial charge in [0.25, 0.3) is 11.8 Å². The zero-order valence-electron chi connectivity index (χ0n) is 15.8. The molecule has 3 rings (SSSR count). The summed E-state index contributed by atoms with van der Waals surface area (Å²) in [7, 11) is 0. The molecule has 1 aromatic rings. The highest BCUT2D eigenvalue weighted by atomic mass is 32.1. The fourth-order valence-electron chi connectivity index (χ4n) is 3.30. The van der Waals surface area contributed by atoms with Crippen LogP contribution in [0, 0.1) is 0 Å². The van der Waals surface area contributed by atoms with E-state index in [2.05, 4.69) is 17.9 Å². The highest BCUT2D eigenvalue weighted by Crippen LogP contribution is 2.32. The number of amides is 2. The third-order valence-corrected chi connectivity index (χ3v) is 5.21. The number of carbonyl (C=O) groups excluding carboxylic acids is 2. The topological polar surface area (TPSA) is 43.9 Å². The molecule has 1 fully saturated rings. The van der Waals surface area contributed by atoms with E-state index in [4.69, 9.17) is 12.2 Å². The normalized spacial score (nSPS) is 18.5. The van der Waals surface area contributed by atoms with Gasteiger partial charge < -0.3 is 4.90 Å². The molecule has 0 atom stereocenters. The number of para-hydroxylation sites is 1. The summed E-state index contributed by atoms with van der Waals surface area (Å²) in [6.45, 7) is 7.53. The summed E-state index contributed by atoms with van der Waals surface area (Å²) in [6, 6.07) is 8.10. The minimum atomic E-state index is -0.336. The third kappa shape index (κ3) is 3.32. The van der Waals surface area contributed by atoms with Crippen LogP contribution in [-0.4, -0.2) is 46.4 Å². The van der Waals surface area contributed by atoms with E-state index in [1.165, 1.54) is 9.80 Å². The zero-order valence-corrected chi connectivity index (χ0v) is 16.6. The van der Waals surface area contributed by atoms with E-state index in [1.54, 1.807) is 6.08 Å². The van der Waals surface area contributed by atoms with Crippen molar-refractivity contribution in [1.29, 1.82) is 0 Å². The Morgan fingerprint density at radius 2 is 1.56 bits per heavy atom. The molecule has 27 heavy (non-hydrogen) atoms. The van der Waals surface area contributed by atoms with Gasteiger partial charge in [0.05, 0.1) is 0 Å². The Labute approximate surface area is 165 Å². The maximum atomic E-state index is 12.7. The quantitative estimate of drug-likeness (QED) is 0.456. The van der Waals surface area contributed by atoms with Crippen LogP contribution in [0.25, 0.3) is 5.57 Å². The molecule has 6 heteroatoms. The molecule has 0 spiro atoms. The van der Waals surface area contributed by atoms with Gasteiger partial charge in [-0.25, -0.2) is 0 Å². The summed E-state index contributed by atoms with van der Waals surface area (Å²) < 4.78 is 0. The number of benzene rings is 1. The summed E-state index contributed by atoms with van der Waals surface area (Å²) >= 11 is 5.29. The highest BCUT2D eigenvalue weighted by Gasteiger charge is 2.37. The van der Waals surface area contributed by atoms with E-state index in [-0.39, 0.29) is 22.5 Å². The first-order chi connectivity index (χ1) is 13.0. The van der Waals surface area contributed by atoms with Crippen molar-refractivity contribution in [1.82, 2.24) is 9.80 Å². The fourth-order valence-corrected chi connectivity index (χ4v) is 3.73. The number of carbonyl (C=O) groups is 2. The Bertz CT molecular complexity index is 857. The molecule has 0 unspecified atom stereocenters. The van der Waals surface area contributed by atoms with Gasteiger partial charge in [-0.1, -0.05) is 24.3 Å². The average molecular weight is 382 g/mol. The van der Waals surface area contributed by atoms with Gasteiger partial charge in [-0.2, -0.15) is 0 Å². The lowest BCUT2D eigenvalue weighted by Gasteiger charge is -2.35. The maximum Gasteiger partial charge on any atom is 0.265 e. The molecular weight excluding hydrogens is 358 g/mol. The van der Waals surface area contributed by atoms with Crippen molar-refractivity contribution in [3.8, 4) is 0 Å². The van der Waals surface area contributed by atoms with E-state index in [1.807, 2.05) is 50.4 Å². The molecule has 5 nitrogen and oxygen atoms in total. The molecule has 0 saturated carbocycles. The lowest BCUT2D eigenvalue weighted by atomic mass is 9.98. The van der Waals surface area contributed by atoms with E-state index in [0.717, 1.165) is 23.4 Å².